The minimum Gasteiger partial charge on any atom is -0.469 e. The van der Waals surface area contributed by atoms with Crippen LogP contribution < -0.4 is 0 Å². The second-order valence-electron chi connectivity index (χ2n) is 6.53. The van der Waals surface area contributed by atoms with E-state index < -0.39 is 0 Å². The van der Waals surface area contributed by atoms with Gasteiger partial charge in [0, 0.05) is 18.5 Å². The second kappa shape index (κ2) is 5.24. The number of piperidine rings is 1. The van der Waals surface area contributed by atoms with Gasteiger partial charge < -0.3 is 14.4 Å². The highest BCUT2D eigenvalue weighted by Crippen LogP contribution is 2.44. The molecule has 1 aromatic rings. The Morgan fingerprint density at radius 2 is 2.35 bits per heavy atom. The summed E-state index contributed by atoms with van der Waals surface area (Å²) in [6.45, 7) is 3.48. The van der Waals surface area contributed by atoms with Gasteiger partial charge in [0.2, 0.25) is 0 Å². The van der Waals surface area contributed by atoms with Crippen molar-refractivity contribution in [3.05, 3.63) is 23.7 Å². The lowest BCUT2D eigenvalue weighted by Gasteiger charge is -2.42. The largest absolute Gasteiger partial charge is 0.469 e. The van der Waals surface area contributed by atoms with Crippen molar-refractivity contribution in [2.75, 3.05) is 19.7 Å². The molecule has 1 saturated carbocycles. The van der Waals surface area contributed by atoms with Crippen LogP contribution in [0.3, 0.4) is 0 Å². The number of aliphatic hydroxyl groups excluding tert-OH is 1. The number of hydrogen-bond acceptors (Lipinski definition) is 3. The van der Waals surface area contributed by atoms with Crippen LogP contribution in [0.25, 0.3) is 0 Å². The number of hydrogen-bond donors (Lipinski definition) is 1. The maximum atomic E-state index is 12.6. The third kappa shape index (κ3) is 2.62. The summed E-state index contributed by atoms with van der Waals surface area (Å²) in [6, 6.07) is 1.74. The summed E-state index contributed by atoms with van der Waals surface area (Å²) >= 11 is 0. The quantitative estimate of drug-likeness (QED) is 0.920. The van der Waals surface area contributed by atoms with Gasteiger partial charge in [-0.05, 0) is 38.2 Å². The average molecular weight is 277 g/mol. The molecule has 110 valence electrons. The van der Waals surface area contributed by atoms with Gasteiger partial charge in [0.25, 0.3) is 5.91 Å². The smallest absolute Gasteiger partial charge is 0.257 e. The maximum Gasteiger partial charge on any atom is 0.257 e. The molecule has 1 aliphatic heterocycles. The predicted octanol–water partition coefficient (Wildman–Crippen LogP) is 2.60. The van der Waals surface area contributed by atoms with Crippen LogP contribution in [0.4, 0.5) is 0 Å². The topological polar surface area (TPSA) is 53.7 Å². The highest BCUT2D eigenvalue weighted by molar-refractivity contribution is 5.95. The van der Waals surface area contributed by atoms with Gasteiger partial charge >= 0.3 is 0 Å². The first-order chi connectivity index (χ1) is 9.63. The summed E-state index contributed by atoms with van der Waals surface area (Å²) in [7, 11) is 0. The predicted molar refractivity (Wildman–Crippen MR) is 75.4 cm³/mol. The van der Waals surface area contributed by atoms with Gasteiger partial charge in [0.05, 0.1) is 18.4 Å². The van der Waals surface area contributed by atoms with Gasteiger partial charge in [-0.25, -0.2) is 0 Å². The van der Waals surface area contributed by atoms with Crippen molar-refractivity contribution in [2.24, 2.45) is 11.3 Å². The van der Waals surface area contributed by atoms with Crippen molar-refractivity contribution >= 4 is 5.91 Å². The van der Waals surface area contributed by atoms with Gasteiger partial charge in [0.1, 0.15) is 5.76 Å². The van der Waals surface area contributed by atoms with Crippen molar-refractivity contribution in [3.8, 4) is 0 Å². The Morgan fingerprint density at radius 1 is 1.55 bits per heavy atom. The summed E-state index contributed by atoms with van der Waals surface area (Å²) in [5, 5.41) is 9.85. The van der Waals surface area contributed by atoms with E-state index in [9.17, 15) is 9.90 Å². The van der Waals surface area contributed by atoms with E-state index in [1.807, 2.05) is 11.8 Å². The number of furan rings is 1. The molecule has 0 bridgehead atoms. The minimum atomic E-state index is -0.0767. The third-order valence-corrected chi connectivity index (χ3v) is 4.79. The third-order valence-electron chi connectivity index (χ3n) is 4.79. The number of nitrogens with zero attached hydrogens (tertiary/aromatic N) is 1. The molecule has 1 aliphatic carbocycles. The van der Waals surface area contributed by atoms with Crippen LogP contribution in [-0.4, -0.2) is 35.6 Å². The van der Waals surface area contributed by atoms with E-state index in [1.54, 1.807) is 12.3 Å². The molecule has 2 aliphatic rings. The van der Waals surface area contributed by atoms with Crippen LogP contribution in [-0.2, 0) is 0 Å². The highest BCUT2D eigenvalue weighted by atomic mass is 16.3. The number of likely N-dealkylation sites (tertiary alicyclic amines) is 1. The van der Waals surface area contributed by atoms with Gasteiger partial charge in [-0.2, -0.15) is 0 Å². The Kier molecular flexibility index (Phi) is 3.59. The number of carbonyl (C=O) groups is 1. The molecule has 1 aromatic heterocycles. The number of aliphatic hydroxyl groups is 1. The molecule has 4 nitrogen and oxygen atoms in total. The first-order valence-electron chi connectivity index (χ1n) is 7.58. The number of amides is 1. The van der Waals surface area contributed by atoms with Crippen molar-refractivity contribution in [1.82, 2.24) is 4.90 Å². The van der Waals surface area contributed by atoms with Crippen LogP contribution >= 0.6 is 0 Å². The van der Waals surface area contributed by atoms with E-state index >= 15 is 0 Å². The summed E-state index contributed by atoms with van der Waals surface area (Å²) in [5.41, 5.74) is 0.581. The molecule has 0 radical (unpaired) electrons. The molecular formula is C16H23NO3. The molecule has 1 saturated heterocycles. The van der Waals surface area contributed by atoms with Gasteiger partial charge in [-0.15, -0.1) is 0 Å². The molecule has 3 rings (SSSR count). The van der Waals surface area contributed by atoms with Gasteiger partial charge in [0.15, 0.2) is 0 Å². The second-order valence-corrected chi connectivity index (χ2v) is 6.53. The lowest BCUT2D eigenvalue weighted by molar-refractivity contribution is 0.0195. The molecule has 1 N–H and O–H groups in total. The Bertz CT molecular complexity index is 492. The molecule has 1 atom stereocenters. The maximum absolute atomic E-state index is 12.6. The van der Waals surface area contributed by atoms with E-state index in [2.05, 4.69) is 0 Å². The van der Waals surface area contributed by atoms with Crippen molar-refractivity contribution in [1.29, 1.82) is 0 Å². The zero-order valence-corrected chi connectivity index (χ0v) is 12.1. The molecular weight excluding hydrogens is 254 g/mol. The monoisotopic (exact) mass is 277 g/mol. The lowest BCUT2D eigenvalue weighted by Crippen LogP contribution is -2.48. The minimum absolute atomic E-state index is 0.0459. The zero-order valence-electron chi connectivity index (χ0n) is 12.1. The molecule has 0 spiro atoms. The van der Waals surface area contributed by atoms with Gasteiger partial charge in [-0.3, -0.25) is 4.79 Å². The Labute approximate surface area is 119 Å². The zero-order chi connectivity index (χ0) is 14.2. The highest BCUT2D eigenvalue weighted by Gasteiger charge is 2.41. The summed E-state index contributed by atoms with van der Waals surface area (Å²) < 4.78 is 5.23. The molecule has 1 amide bonds. The fourth-order valence-corrected chi connectivity index (χ4v) is 3.45. The van der Waals surface area contributed by atoms with Crippen LogP contribution in [0, 0.1) is 18.3 Å². The number of aryl methyl sites for hydroxylation is 1. The Hall–Kier alpha value is -1.29. The molecule has 4 heteroatoms. The number of rotatable bonds is 4. The SMILES string of the molecule is Cc1occc1C(=O)N1CCC[C@@](CO)(CC2CC2)C1. The van der Waals surface area contributed by atoms with Crippen molar-refractivity contribution in [2.45, 2.75) is 39.0 Å². The van der Waals surface area contributed by atoms with E-state index in [1.165, 1.54) is 12.8 Å². The standard InChI is InChI=1S/C16H23NO3/c1-12-14(5-8-20-12)15(19)17-7-2-6-16(10-17,11-18)9-13-3-4-13/h5,8,13,18H,2-4,6-7,9-11H2,1H3/t16-/m1/s1. The van der Waals surface area contributed by atoms with Crippen molar-refractivity contribution < 1.29 is 14.3 Å². The van der Waals surface area contributed by atoms with Crippen LogP contribution in [0.1, 0.15) is 48.2 Å². The summed E-state index contributed by atoms with van der Waals surface area (Å²) in [4.78, 5) is 14.5. The molecule has 0 unspecified atom stereocenters. The van der Waals surface area contributed by atoms with Crippen LogP contribution in [0.2, 0.25) is 0 Å². The van der Waals surface area contributed by atoms with E-state index in [-0.39, 0.29) is 17.9 Å². The first-order valence-corrected chi connectivity index (χ1v) is 7.58. The Morgan fingerprint density at radius 3 is 2.95 bits per heavy atom. The molecule has 0 aromatic carbocycles. The van der Waals surface area contributed by atoms with E-state index in [0.717, 1.165) is 31.7 Å². The van der Waals surface area contributed by atoms with Crippen LogP contribution in [0.5, 0.6) is 0 Å². The lowest BCUT2D eigenvalue weighted by atomic mass is 9.76. The average Bonchev–Trinajstić information content (AvgIpc) is 3.16. The summed E-state index contributed by atoms with van der Waals surface area (Å²) in [6.07, 6.45) is 7.23. The fourth-order valence-electron chi connectivity index (χ4n) is 3.45. The van der Waals surface area contributed by atoms with E-state index in [4.69, 9.17) is 4.42 Å². The van der Waals surface area contributed by atoms with Crippen molar-refractivity contribution in [3.63, 3.8) is 0 Å². The first kappa shape index (κ1) is 13.7. The summed E-state index contributed by atoms with van der Waals surface area (Å²) in [5.74, 6) is 1.50. The number of carbonyl (C=O) groups excluding carboxylic acids is 1. The molecule has 2 fully saturated rings. The van der Waals surface area contributed by atoms with Crippen LogP contribution in [0.15, 0.2) is 16.7 Å². The molecule has 2 heterocycles. The Balaban J connectivity index is 1.73. The normalized spacial score (nSPS) is 26.8. The fraction of sp³-hybridized carbons (Fsp3) is 0.688. The van der Waals surface area contributed by atoms with Gasteiger partial charge in [-0.1, -0.05) is 12.8 Å². The molecule has 20 heavy (non-hydrogen) atoms. The van der Waals surface area contributed by atoms with E-state index in [0.29, 0.717) is 17.9 Å².